The van der Waals surface area contributed by atoms with Gasteiger partial charge in [0.25, 0.3) is 0 Å². The van der Waals surface area contributed by atoms with Crippen LogP contribution < -0.4 is 5.32 Å². The van der Waals surface area contributed by atoms with E-state index in [-0.39, 0.29) is 45.2 Å². The van der Waals surface area contributed by atoms with Crippen molar-refractivity contribution in [2.45, 2.75) is 19.8 Å². The molecular weight excluding hydrogens is 207 g/mol. The summed E-state index contributed by atoms with van der Waals surface area (Å²) in [6.07, 6.45) is 2.87. The van der Waals surface area contributed by atoms with E-state index < -0.39 is 0 Å². The van der Waals surface area contributed by atoms with Crippen LogP contribution in [0.1, 0.15) is 19.8 Å². The molecule has 0 spiro atoms. The number of nitrogens with one attached hydrogen (secondary N) is 1. The molecule has 0 fully saturated rings. The molecule has 55 valence electrons. The summed E-state index contributed by atoms with van der Waals surface area (Å²) in [5.41, 5.74) is 0. The van der Waals surface area contributed by atoms with Gasteiger partial charge in [-0.15, -0.1) is 0 Å². The van der Waals surface area contributed by atoms with Gasteiger partial charge < -0.3 is 10.1 Å². The second-order valence-electron chi connectivity index (χ2n) is 1.67. The molecule has 0 aliphatic carbocycles. The second kappa shape index (κ2) is 9.24. The number of hydrogen-bond acceptors (Lipinski definition) is 2. The Hall–Kier alpha value is 0.244. The van der Waals surface area contributed by atoms with Crippen LogP contribution in [0.5, 0.6) is 0 Å². The van der Waals surface area contributed by atoms with Crippen molar-refractivity contribution in [2.24, 2.45) is 0 Å². The maximum atomic E-state index is 10.5. The maximum absolute atomic E-state index is 10.5. The Kier molecular flexibility index (Phi) is 11.9. The topological polar surface area (TPSA) is 46.2 Å². The van der Waals surface area contributed by atoms with Crippen LogP contribution in [0.3, 0.4) is 0 Å². The van der Waals surface area contributed by atoms with Gasteiger partial charge in [-0.2, -0.15) is 0 Å². The summed E-state index contributed by atoms with van der Waals surface area (Å²) < 4.78 is 0. The number of carbonyl (C=O) groups excluding carboxylic acids is 2. The maximum Gasteiger partial charge on any atom is 0.217 e. The molecule has 0 atom stereocenters. The smallest absolute Gasteiger partial charge is 0.217 e. The third-order valence-corrected chi connectivity index (χ3v) is 0.835. The van der Waals surface area contributed by atoms with Crippen LogP contribution in [0.15, 0.2) is 0 Å². The first-order valence-electron chi connectivity index (χ1n) is 2.93. The Morgan fingerprint density at radius 3 is 2.60 bits per heavy atom. The van der Waals surface area contributed by atoms with Crippen molar-refractivity contribution in [3.63, 3.8) is 0 Å². The molecule has 10 heavy (non-hydrogen) atoms. The molecule has 0 bridgehead atoms. The Morgan fingerprint density at radius 1 is 1.60 bits per heavy atom. The van der Waals surface area contributed by atoms with E-state index in [1.807, 2.05) is 6.92 Å². The van der Waals surface area contributed by atoms with E-state index in [9.17, 15) is 9.59 Å². The van der Waals surface area contributed by atoms with Crippen molar-refractivity contribution < 1.29 is 42.3 Å². The predicted octanol–water partition coefficient (Wildman–Crippen LogP) is 0.00990. The van der Waals surface area contributed by atoms with Gasteiger partial charge in [0.2, 0.25) is 5.91 Å². The summed E-state index contributed by atoms with van der Waals surface area (Å²) >= 11 is 0. The van der Waals surface area contributed by atoms with E-state index in [0.29, 0.717) is 6.42 Å². The van der Waals surface area contributed by atoms with Crippen LogP contribution in [-0.2, 0) is 42.3 Å². The molecule has 4 heteroatoms. The van der Waals surface area contributed by atoms with Gasteiger partial charge in [0.05, 0.1) is 0 Å². The van der Waals surface area contributed by atoms with Crippen molar-refractivity contribution in [3.8, 4) is 0 Å². The normalized spacial score (nSPS) is 7.70. The molecule has 1 amide bonds. The van der Waals surface area contributed by atoms with Gasteiger partial charge in [-0.1, -0.05) is 13.5 Å². The van der Waals surface area contributed by atoms with E-state index >= 15 is 0 Å². The monoisotopic (exact) mass is 217 g/mol. The van der Waals surface area contributed by atoms with Gasteiger partial charge in [0.15, 0.2) is 0 Å². The molecule has 0 unspecified atom stereocenters. The van der Waals surface area contributed by atoms with E-state index in [1.165, 1.54) is 0 Å². The molecule has 0 aliphatic heterocycles. The first-order chi connectivity index (χ1) is 4.31. The average molecular weight is 217 g/mol. The Bertz CT molecular complexity index is 106. The van der Waals surface area contributed by atoms with Gasteiger partial charge >= 0.3 is 0 Å². The fourth-order valence-corrected chi connectivity index (χ4v) is 0.450. The van der Waals surface area contributed by atoms with Gasteiger partial charge in [-0.3, -0.25) is 4.79 Å². The summed E-state index contributed by atoms with van der Waals surface area (Å²) in [4.78, 5) is 20.1. The van der Waals surface area contributed by atoms with E-state index in [1.54, 1.807) is 6.29 Å². The second-order valence-corrected chi connectivity index (χ2v) is 1.67. The summed E-state index contributed by atoms with van der Waals surface area (Å²) in [6, 6.07) is 0. The summed E-state index contributed by atoms with van der Waals surface area (Å²) in [6.45, 7) is 1.92. The van der Waals surface area contributed by atoms with Crippen molar-refractivity contribution >= 4 is 12.2 Å². The third kappa shape index (κ3) is 8.24. The summed E-state index contributed by atoms with van der Waals surface area (Å²) in [7, 11) is 0. The Labute approximate surface area is 85.8 Å². The molecule has 0 saturated carbocycles. The molecule has 3 nitrogen and oxygen atoms in total. The van der Waals surface area contributed by atoms with Crippen LogP contribution >= 0.6 is 0 Å². The zero-order chi connectivity index (χ0) is 7.11. The quantitative estimate of drug-likeness (QED) is 0.674. The molecule has 0 rings (SSSR count). The molecule has 1 N–H and O–H groups in total. The van der Waals surface area contributed by atoms with Gasteiger partial charge in [-0.05, 0) is 6.42 Å². The largest absolute Gasteiger partial charge is 0.540 e. The predicted molar refractivity (Wildman–Crippen MR) is 33.6 cm³/mol. The molecule has 1 radical (unpaired) electrons. The van der Waals surface area contributed by atoms with Gasteiger partial charge in [0.1, 0.15) is 0 Å². The van der Waals surface area contributed by atoms with E-state index in [4.69, 9.17) is 0 Å². The molecule has 0 aromatic rings. The number of carbonyl (C=O) groups is 1. The summed E-state index contributed by atoms with van der Waals surface area (Å²) in [5, 5.41) is 2.37. The molecule has 0 aromatic heterocycles. The third-order valence-electron chi connectivity index (χ3n) is 0.835. The van der Waals surface area contributed by atoms with E-state index in [2.05, 4.69) is 5.32 Å². The van der Waals surface area contributed by atoms with Crippen molar-refractivity contribution in [2.75, 3.05) is 6.54 Å². The average Bonchev–Trinajstić information content (AvgIpc) is 1.85. The first kappa shape index (κ1) is 12.9. The fraction of sp³-hybridized carbons (Fsp3) is 0.667. The number of amides is 1. The van der Waals surface area contributed by atoms with Crippen molar-refractivity contribution in [1.29, 1.82) is 0 Å². The molecule has 0 aliphatic rings. The van der Waals surface area contributed by atoms with Crippen LogP contribution in [0.25, 0.3) is 0 Å². The molecular formula is C6H10NO2Y-. The minimum absolute atomic E-state index is 0. The van der Waals surface area contributed by atoms with Gasteiger partial charge in [0, 0.05) is 39.1 Å². The summed E-state index contributed by atoms with van der Waals surface area (Å²) in [5.74, 6) is -0.0825. The number of rotatable bonds is 4. The number of hydrogen-bond donors (Lipinski definition) is 1. The molecule has 0 aromatic carbocycles. The minimum atomic E-state index is -0.0825. The van der Waals surface area contributed by atoms with Crippen LogP contribution in [-0.4, -0.2) is 18.7 Å². The van der Waals surface area contributed by atoms with Crippen LogP contribution in [0.4, 0.5) is 0 Å². The van der Waals surface area contributed by atoms with E-state index in [0.717, 1.165) is 6.42 Å². The standard InChI is InChI=1S/C6H10NO2.Y/c1-2-3-6(9)7-4-5-8;/h2-4H2,1H3,(H,7,9);/q-1;. The van der Waals surface area contributed by atoms with Gasteiger partial charge in [-0.25, -0.2) is 6.29 Å². The zero-order valence-electron chi connectivity index (χ0n) is 6.02. The van der Waals surface area contributed by atoms with Crippen molar-refractivity contribution in [3.05, 3.63) is 0 Å². The minimum Gasteiger partial charge on any atom is -0.540 e. The first-order valence-corrected chi connectivity index (χ1v) is 2.93. The Balaban J connectivity index is 0. The molecule has 0 saturated heterocycles. The van der Waals surface area contributed by atoms with Crippen LogP contribution in [0.2, 0.25) is 0 Å². The SMILES string of the molecule is CCCC(=O)NC[C-]=O.[Y]. The Morgan fingerprint density at radius 2 is 2.20 bits per heavy atom. The van der Waals surface area contributed by atoms with Crippen LogP contribution in [0, 0.1) is 0 Å². The van der Waals surface area contributed by atoms with Crippen molar-refractivity contribution in [1.82, 2.24) is 5.32 Å². The fourth-order valence-electron chi connectivity index (χ4n) is 0.450. The molecule has 0 heterocycles. The zero-order valence-corrected chi connectivity index (χ0v) is 8.85.